The second-order valence-corrected chi connectivity index (χ2v) is 6.39. The molecule has 0 saturated heterocycles. The number of benzene rings is 2. The fraction of sp³-hybridized carbons (Fsp3) is 0.263. The SMILES string of the molecule is CC(C(NC(=S)NC(=O)c1ccccc1)c1ccccc1F)C(O)C(F)F. The number of aliphatic hydroxyl groups is 1. The molecular weight excluding hydrogens is 377 g/mol. The normalized spacial score (nSPS) is 14.3. The van der Waals surface area contributed by atoms with Crippen molar-refractivity contribution in [3.63, 3.8) is 0 Å². The molecule has 0 radical (unpaired) electrons. The van der Waals surface area contributed by atoms with E-state index in [9.17, 15) is 23.1 Å². The van der Waals surface area contributed by atoms with Gasteiger partial charge in [-0.3, -0.25) is 10.1 Å². The number of nitrogens with one attached hydrogen (secondary N) is 2. The quantitative estimate of drug-likeness (QED) is 0.655. The maximum atomic E-state index is 14.2. The van der Waals surface area contributed by atoms with E-state index in [-0.39, 0.29) is 10.7 Å². The van der Waals surface area contributed by atoms with Crippen LogP contribution < -0.4 is 10.6 Å². The van der Waals surface area contributed by atoms with Crippen molar-refractivity contribution in [2.45, 2.75) is 25.5 Å². The number of hydrogen-bond donors (Lipinski definition) is 3. The summed E-state index contributed by atoms with van der Waals surface area (Å²) in [5.74, 6) is -2.23. The van der Waals surface area contributed by atoms with E-state index in [0.29, 0.717) is 5.56 Å². The Hall–Kier alpha value is -2.45. The molecule has 0 heterocycles. The summed E-state index contributed by atoms with van der Waals surface area (Å²) >= 11 is 5.09. The molecule has 3 N–H and O–H groups in total. The molecule has 0 fully saturated rings. The number of halogens is 3. The van der Waals surface area contributed by atoms with Crippen molar-refractivity contribution in [2.24, 2.45) is 5.92 Å². The molecule has 0 aliphatic rings. The van der Waals surface area contributed by atoms with Crippen molar-refractivity contribution in [3.8, 4) is 0 Å². The number of alkyl halides is 2. The number of hydrogen-bond acceptors (Lipinski definition) is 3. The number of rotatable bonds is 6. The average Bonchev–Trinajstić information content (AvgIpc) is 2.66. The molecule has 8 heteroatoms. The average molecular weight is 396 g/mol. The van der Waals surface area contributed by atoms with E-state index in [1.54, 1.807) is 36.4 Å². The van der Waals surface area contributed by atoms with E-state index < -0.39 is 36.2 Å². The van der Waals surface area contributed by atoms with Crippen LogP contribution in [0.3, 0.4) is 0 Å². The number of amides is 1. The van der Waals surface area contributed by atoms with Gasteiger partial charge in [0, 0.05) is 17.0 Å². The van der Waals surface area contributed by atoms with Crippen LogP contribution in [0.15, 0.2) is 54.6 Å². The molecule has 3 atom stereocenters. The highest BCUT2D eigenvalue weighted by Crippen LogP contribution is 2.29. The molecule has 0 spiro atoms. The summed E-state index contributed by atoms with van der Waals surface area (Å²) in [7, 11) is 0. The summed E-state index contributed by atoms with van der Waals surface area (Å²) in [6.45, 7) is 1.35. The molecular formula is C19H19F3N2O2S. The molecule has 2 rings (SSSR count). The first kappa shape index (κ1) is 20.9. The Morgan fingerprint density at radius 3 is 2.26 bits per heavy atom. The van der Waals surface area contributed by atoms with Crippen molar-refractivity contribution < 1.29 is 23.1 Å². The van der Waals surface area contributed by atoms with Crippen molar-refractivity contribution in [1.82, 2.24) is 10.6 Å². The Balaban J connectivity index is 2.20. The molecule has 4 nitrogen and oxygen atoms in total. The van der Waals surface area contributed by atoms with E-state index >= 15 is 0 Å². The largest absolute Gasteiger partial charge is 0.387 e. The minimum Gasteiger partial charge on any atom is -0.387 e. The second kappa shape index (κ2) is 9.48. The van der Waals surface area contributed by atoms with Gasteiger partial charge in [0.25, 0.3) is 12.3 Å². The van der Waals surface area contributed by atoms with Gasteiger partial charge in [-0.1, -0.05) is 43.3 Å². The van der Waals surface area contributed by atoms with Gasteiger partial charge in [-0.2, -0.15) is 0 Å². The third kappa shape index (κ3) is 5.51. The van der Waals surface area contributed by atoms with E-state index in [0.717, 1.165) is 0 Å². The predicted octanol–water partition coefficient (Wildman–Crippen LogP) is 3.43. The van der Waals surface area contributed by atoms with Gasteiger partial charge < -0.3 is 10.4 Å². The molecule has 1 amide bonds. The van der Waals surface area contributed by atoms with Crippen LogP contribution in [0.5, 0.6) is 0 Å². The first-order valence-electron chi connectivity index (χ1n) is 8.18. The monoisotopic (exact) mass is 396 g/mol. The standard InChI is InChI=1S/C19H19F3N2O2S/c1-11(16(25)17(21)22)15(13-9-5-6-10-14(13)20)23-19(27)24-18(26)12-7-3-2-4-8-12/h2-11,15-17,25H,1H3,(H2,23,24,26,27). The van der Waals surface area contributed by atoms with Crippen molar-refractivity contribution in [1.29, 1.82) is 0 Å². The smallest absolute Gasteiger partial charge is 0.264 e. The van der Waals surface area contributed by atoms with E-state index in [1.165, 1.54) is 25.1 Å². The molecule has 0 bridgehead atoms. The lowest BCUT2D eigenvalue weighted by atomic mass is 9.90. The minimum absolute atomic E-state index is 0.0565. The van der Waals surface area contributed by atoms with E-state index in [4.69, 9.17) is 12.2 Å². The summed E-state index contributed by atoms with van der Waals surface area (Å²) in [5, 5.41) is 14.7. The van der Waals surface area contributed by atoms with Crippen molar-refractivity contribution in [3.05, 3.63) is 71.5 Å². The Kier molecular flexibility index (Phi) is 7.32. The lowest BCUT2D eigenvalue weighted by Crippen LogP contribution is -2.45. The van der Waals surface area contributed by atoms with Gasteiger partial charge in [-0.05, 0) is 30.4 Å². The van der Waals surface area contributed by atoms with Crippen LogP contribution >= 0.6 is 12.2 Å². The van der Waals surface area contributed by atoms with Gasteiger partial charge in [0.15, 0.2) is 5.11 Å². The lowest BCUT2D eigenvalue weighted by molar-refractivity contribution is -0.0421. The van der Waals surface area contributed by atoms with Crippen LogP contribution in [0.25, 0.3) is 0 Å². The molecule has 0 saturated carbocycles. The van der Waals surface area contributed by atoms with Crippen LogP contribution in [0.4, 0.5) is 13.2 Å². The molecule has 2 aromatic carbocycles. The van der Waals surface area contributed by atoms with Crippen LogP contribution in [0, 0.1) is 11.7 Å². The second-order valence-electron chi connectivity index (χ2n) is 5.98. The summed E-state index contributed by atoms with van der Waals surface area (Å²) < 4.78 is 40.1. The van der Waals surface area contributed by atoms with E-state index in [2.05, 4.69) is 10.6 Å². The third-order valence-corrected chi connectivity index (χ3v) is 4.33. The zero-order chi connectivity index (χ0) is 20.0. The molecule has 27 heavy (non-hydrogen) atoms. The third-order valence-electron chi connectivity index (χ3n) is 4.11. The Labute approximate surface area is 160 Å². The van der Waals surface area contributed by atoms with Crippen LogP contribution in [0.1, 0.15) is 28.9 Å². The summed E-state index contributed by atoms with van der Waals surface area (Å²) in [6, 6.07) is 12.8. The molecule has 0 aromatic heterocycles. The Bertz CT molecular complexity index is 790. The fourth-order valence-electron chi connectivity index (χ4n) is 2.59. The summed E-state index contributed by atoms with van der Waals surface area (Å²) in [6.07, 6.45) is -5.02. The summed E-state index contributed by atoms with van der Waals surface area (Å²) in [5.41, 5.74) is 0.408. The highest BCUT2D eigenvalue weighted by atomic mass is 32.1. The van der Waals surface area contributed by atoms with Gasteiger partial charge in [-0.25, -0.2) is 13.2 Å². The number of carbonyl (C=O) groups excluding carboxylic acids is 1. The first-order chi connectivity index (χ1) is 12.8. The number of carbonyl (C=O) groups is 1. The molecule has 144 valence electrons. The first-order valence-corrected chi connectivity index (χ1v) is 8.59. The zero-order valence-electron chi connectivity index (χ0n) is 14.4. The zero-order valence-corrected chi connectivity index (χ0v) is 15.2. The van der Waals surface area contributed by atoms with Crippen LogP contribution in [-0.4, -0.2) is 28.7 Å². The predicted molar refractivity (Wildman–Crippen MR) is 100.0 cm³/mol. The number of thiocarbonyl (C=S) groups is 1. The minimum atomic E-state index is -3.01. The maximum absolute atomic E-state index is 14.2. The molecule has 3 unspecified atom stereocenters. The highest BCUT2D eigenvalue weighted by molar-refractivity contribution is 7.80. The van der Waals surface area contributed by atoms with Crippen LogP contribution in [-0.2, 0) is 0 Å². The molecule has 2 aromatic rings. The van der Waals surface area contributed by atoms with Crippen molar-refractivity contribution >= 4 is 23.2 Å². The van der Waals surface area contributed by atoms with Gasteiger partial charge in [0.05, 0.1) is 6.04 Å². The van der Waals surface area contributed by atoms with Gasteiger partial charge >= 0.3 is 0 Å². The molecule has 0 aliphatic heterocycles. The van der Waals surface area contributed by atoms with Gasteiger partial charge in [-0.15, -0.1) is 0 Å². The highest BCUT2D eigenvalue weighted by Gasteiger charge is 2.33. The Morgan fingerprint density at radius 2 is 1.67 bits per heavy atom. The van der Waals surface area contributed by atoms with Crippen molar-refractivity contribution in [2.75, 3.05) is 0 Å². The van der Waals surface area contributed by atoms with E-state index in [1.807, 2.05) is 0 Å². The van der Waals surface area contributed by atoms with Gasteiger partial charge in [0.2, 0.25) is 0 Å². The van der Waals surface area contributed by atoms with Gasteiger partial charge in [0.1, 0.15) is 11.9 Å². The Morgan fingerprint density at radius 1 is 1.07 bits per heavy atom. The topological polar surface area (TPSA) is 61.4 Å². The summed E-state index contributed by atoms with van der Waals surface area (Å²) in [4.78, 5) is 12.2. The molecule has 0 aliphatic carbocycles. The number of aliphatic hydroxyl groups excluding tert-OH is 1. The maximum Gasteiger partial charge on any atom is 0.264 e. The lowest BCUT2D eigenvalue weighted by Gasteiger charge is -2.30. The fourth-order valence-corrected chi connectivity index (χ4v) is 2.81. The van der Waals surface area contributed by atoms with Crippen LogP contribution in [0.2, 0.25) is 0 Å².